The molecule has 0 saturated heterocycles. The summed E-state index contributed by atoms with van der Waals surface area (Å²) in [5.41, 5.74) is 0.645. The van der Waals surface area contributed by atoms with E-state index >= 15 is 0 Å². The molecule has 0 spiro atoms. The molecule has 0 aliphatic rings. The normalized spacial score (nSPS) is 10.2. The van der Waals surface area contributed by atoms with Crippen LogP contribution in [0.15, 0.2) is 24.3 Å². The summed E-state index contributed by atoms with van der Waals surface area (Å²) in [6.07, 6.45) is 1.90. The summed E-state index contributed by atoms with van der Waals surface area (Å²) in [7, 11) is 1.60. The zero-order valence-electron chi connectivity index (χ0n) is 10.1. The highest BCUT2D eigenvalue weighted by Gasteiger charge is 2.10. The van der Waals surface area contributed by atoms with Gasteiger partial charge in [0.2, 0.25) is 0 Å². The molecule has 0 heterocycles. The van der Waals surface area contributed by atoms with Gasteiger partial charge in [0.1, 0.15) is 5.75 Å². The maximum Gasteiger partial charge on any atom is 0.251 e. The van der Waals surface area contributed by atoms with Crippen molar-refractivity contribution in [1.29, 1.82) is 0 Å². The quantitative estimate of drug-likeness (QED) is 0.830. The summed E-state index contributed by atoms with van der Waals surface area (Å²) < 4.78 is 5.08. The van der Waals surface area contributed by atoms with Crippen LogP contribution < -0.4 is 10.1 Å². The summed E-state index contributed by atoms with van der Waals surface area (Å²) in [6, 6.07) is 7.44. The van der Waals surface area contributed by atoms with Crippen LogP contribution in [-0.4, -0.2) is 19.1 Å². The number of amides is 1. The van der Waals surface area contributed by atoms with E-state index in [1.165, 1.54) is 0 Å². The zero-order chi connectivity index (χ0) is 12.0. The van der Waals surface area contributed by atoms with Crippen molar-refractivity contribution in [3.05, 3.63) is 29.8 Å². The van der Waals surface area contributed by atoms with Crippen molar-refractivity contribution in [2.24, 2.45) is 0 Å². The molecule has 1 amide bonds. The van der Waals surface area contributed by atoms with Crippen LogP contribution in [0, 0.1) is 0 Å². The third-order valence-corrected chi connectivity index (χ3v) is 2.65. The predicted molar refractivity (Wildman–Crippen MR) is 64.8 cm³/mol. The van der Waals surface area contributed by atoms with Crippen LogP contribution >= 0.6 is 0 Å². The lowest BCUT2D eigenvalue weighted by Crippen LogP contribution is -2.33. The van der Waals surface area contributed by atoms with Gasteiger partial charge in [0.15, 0.2) is 0 Å². The molecule has 1 rings (SSSR count). The number of hydrogen-bond acceptors (Lipinski definition) is 2. The van der Waals surface area contributed by atoms with Gasteiger partial charge in [-0.15, -0.1) is 0 Å². The molecule has 1 aromatic carbocycles. The van der Waals surface area contributed by atoms with Crippen LogP contribution in [-0.2, 0) is 0 Å². The number of carbonyl (C=O) groups excluding carboxylic acids is 1. The monoisotopic (exact) mass is 221 g/mol. The van der Waals surface area contributed by atoms with Crippen molar-refractivity contribution in [3.63, 3.8) is 0 Å². The average molecular weight is 221 g/mol. The van der Waals surface area contributed by atoms with E-state index in [4.69, 9.17) is 4.74 Å². The van der Waals surface area contributed by atoms with E-state index in [1.54, 1.807) is 19.2 Å². The maximum atomic E-state index is 11.9. The van der Waals surface area contributed by atoms with Crippen LogP contribution in [0.1, 0.15) is 37.0 Å². The Morgan fingerprint density at radius 3 is 2.62 bits per heavy atom. The Balaban J connectivity index is 2.72. The van der Waals surface area contributed by atoms with Gasteiger partial charge < -0.3 is 10.1 Å². The first-order chi connectivity index (χ1) is 7.71. The van der Waals surface area contributed by atoms with Crippen LogP contribution in [0.4, 0.5) is 0 Å². The number of methoxy groups -OCH3 is 1. The van der Waals surface area contributed by atoms with Gasteiger partial charge in [0.25, 0.3) is 5.91 Å². The summed E-state index contributed by atoms with van der Waals surface area (Å²) in [5.74, 6) is 0.671. The standard InChI is InChI=1S/C13H19NO2/c1-4-11(5-2)14-13(15)10-7-6-8-12(9-10)16-3/h6-9,11H,4-5H2,1-3H3,(H,14,15). The summed E-state index contributed by atoms with van der Waals surface area (Å²) in [5, 5.41) is 2.99. The van der Waals surface area contributed by atoms with E-state index in [0.717, 1.165) is 12.8 Å². The molecule has 16 heavy (non-hydrogen) atoms. The highest BCUT2D eigenvalue weighted by atomic mass is 16.5. The third-order valence-electron chi connectivity index (χ3n) is 2.65. The van der Waals surface area contributed by atoms with Gasteiger partial charge in [0, 0.05) is 11.6 Å². The summed E-state index contributed by atoms with van der Waals surface area (Å²) in [4.78, 5) is 11.9. The molecule has 1 N–H and O–H groups in total. The van der Waals surface area contributed by atoms with Crippen molar-refractivity contribution >= 4 is 5.91 Å². The van der Waals surface area contributed by atoms with E-state index in [1.807, 2.05) is 12.1 Å². The molecule has 0 aromatic heterocycles. The Kier molecular flexibility index (Phi) is 4.83. The van der Waals surface area contributed by atoms with Gasteiger partial charge in [-0.1, -0.05) is 19.9 Å². The number of benzene rings is 1. The lowest BCUT2D eigenvalue weighted by Gasteiger charge is -2.14. The molecule has 0 atom stereocenters. The Bertz CT molecular complexity index is 346. The van der Waals surface area contributed by atoms with Gasteiger partial charge in [-0.3, -0.25) is 4.79 Å². The van der Waals surface area contributed by atoms with Gasteiger partial charge in [0.05, 0.1) is 7.11 Å². The van der Waals surface area contributed by atoms with E-state index < -0.39 is 0 Å². The fourth-order valence-corrected chi connectivity index (χ4v) is 1.53. The Labute approximate surface area is 96.8 Å². The van der Waals surface area contributed by atoms with Crippen molar-refractivity contribution in [3.8, 4) is 5.75 Å². The molecule has 0 aliphatic carbocycles. The molecule has 0 aliphatic heterocycles. The highest BCUT2D eigenvalue weighted by Crippen LogP contribution is 2.12. The minimum absolute atomic E-state index is 0.0346. The predicted octanol–water partition coefficient (Wildman–Crippen LogP) is 2.61. The first kappa shape index (κ1) is 12.6. The molecule has 3 heteroatoms. The molecular formula is C13H19NO2. The second-order valence-electron chi connectivity index (χ2n) is 3.72. The van der Waals surface area contributed by atoms with Crippen LogP contribution in [0.5, 0.6) is 5.75 Å². The van der Waals surface area contributed by atoms with Crippen LogP contribution in [0.25, 0.3) is 0 Å². The first-order valence-corrected chi connectivity index (χ1v) is 5.66. The minimum atomic E-state index is -0.0346. The van der Waals surface area contributed by atoms with Crippen molar-refractivity contribution in [2.75, 3.05) is 7.11 Å². The number of ether oxygens (including phenoxy) is 1. The number of rotatable bonds is 5. The second-order valence-corrected chi connectivity index (χ2v) is 3.72. The molecule has 0 saturated carbocycles. The number of hydrogen-bond donors (Lipinski definition) is 1. The molecule has 1 aromatic rings. The van der Waals surface area contributed by atoms with Crippen molar-refractivity contribution < 1.29 is 9.53 Å². The fourth-order valence-electron chi connectivity index (χ4n) is 1.53. The zero-order valence-corrected chi connectivity index (χ0v) is 10.1. The highest BCUT2D eigenvalue weighted by molar-refractivity contribution is 5.94. The first-order valence-electron chi connectivity index (χ1n) is 5.66. The molecule has 88 valence electrons. The summed E-state index contributed by atoms with van der Waals surface area (Å²) >= 11 is 0. The molecule has 0 radical (unpaired) electrons. The SMILES string of the molecule is CCC(CC)NC(=O)c1cccc(OC)c1. The third kappa shape index (κ3) is 3.26. The van der Waals surface area contributed by atoms with Crippen LogP contribution in [0.2, 0.25) is 0 Å². The lowest BCUT2D eigenvalue weighted by molar-refractivity contribution is 0.0934. The maximum absolute atomic E-state index is 11.9. The van der Waals surface area contributed by atoms with E-state index in [-0.39, 0.29) is 11.9 Å². The molecule has 0 fully saturated rings. The van der Waals surface area contributed by atoms with Crippen molar-refractivity contribution in [2.45, 2.75) is 32.7 Å². The topological polar surface area (TPSA) is 38.3 Å². The fraction of sp³-hybridized carbons (Fsp3) is 0.462. The number of carbonyl (C=O) groups is 1. The van der Waals surface area contributed by atoms with Gasteiger partial charge in [-0.25, -0.2) is 0 Å². The van der Waals surface area contributed by atoms with E-state index in [0.29, 0.717) is 11.3 Å². The molecular weight excluding hydrogens is 202 g/mol. The Morgan fingerprint density at radius 2 is 2.06 bits per heavy atom. The van der Waals surface area contributed by atoms with Gasteiger partial charge >= 0.3 is 0 Å². The average Bonchev–Trinajstić information content (AvgIpc) is 2.35. The lowest BCUT2D eigenvalue weighted by atomic mass is 10.1. The molecule has 0 unspecified atom stereocenters. The van der Waals surface area contributed by atoms with Gasteiger partial charge in [-0.05, 0) is 31.0 Å². The number of nitrogens with one attached hydrogen (secondary N) is 1. The minimum Gasteiger partial charge on any atom is -0.497 e. The smallest absolute Gasteiger partial charge is 0.251 e. The van der Waals surface area contributed by atoms with Crippen molar-refractivity contribution in [1.82, 2.24) is 5.32 Å². The molecule has 0 bridgehead atoms. The molecule has 3 nitrogen and oxygen atoms in total. The Hall–Kier alpha value is -1.51. The second kappa shape index (κ2) is 6.16. The van der Waals surface area contributed by atoms with Crippen LogP contribution in [0.3, 0.4) is 0 Å². The largest absolute Gasteiger partial charge is 0.497 e. The summed E-state index contributed by atoms with van der Waals surface area (Å²) in [6.45, 7) is 4.14. The Morgan fingerprint density at radius 1 is 1.38 bits per heavy atom. The van der Waals surface area contributed by atoms with E-state index in [9.17, 15) is 4.79 Å². The van der Waals surface area contributed by atoms with E-state index in [2.05, 4.69) is 19.2 Å². The van der Waals surface area contributed by atoms with Gasteiger partial charge in [-0.2, -0.15) is 0 Å².